The predicted molar refractivity (Wildman–Crippen MR) is 81.7 cm³/mol. The van der Waals surface area contributed by atoms with Gasteiger partial charge in [-0.2, -0.15) is 0 Å². The molecule has 0 radical (unpaired) electrons. The van der Waals surface area contributed by atoms with Crippen molar-refractivity contribution in [1.29, 1.82) is 0 Å². The molecule has 1 N–H and O–H groups in total. The largest absolute Gasteiger partial charge is 0.339 e. The normalized spacial score (nSPS) is 22.6. The minimum Gasteiger partial charge on any atom is -0.339 e. The van der Waals surface area contributed by atoms with Crippen LogP contribution >= 0.6 is 0 Å². The van der Waals surface area contributed by atoms with Crippen LogP contribution in [0.1, 0.15) is 24.9 Å². The molecular weight excluding hydrogens is 266 g/mol. The maximum atomic E-state index is 12.7. The zero-order chi connectivity index (χ0) is 15.4. The summed E-state index contributed by atoms with van der Waals surface area (Å²) in [5.74, 6) is -0.111. The SMILES string of the molecule is CC1C(=O)NC(c2ccccc2)C(=O)N1CCCN(C)C. The predicted octanol–water partition coefficient (Wildman–Crippen LogP) is 1.03. The number of hydrogen-bond acceptors (Lipinski definition) is 3. The first-order valence-electron chi connectivity index (χ1n) is 7.31. The topological polar surface area (TPSA) is 52.7 Å². The first kappa shape index (κ1) is 15.5. The highest BCUT2D eigenvalue weighted by atomic mass is 16.2. The zero-order valence-corrected chi connectivity index (χ0v) is 12.9. The van der Waals surface area contributed by atoms with Crippen LogP contribution in [-0.4, -0.2) is 54.8 Å². The third kappa shape index (κ3) is 3.61. The molecule has 2 rings (SSSR count). The molecule has 5 heteroatoms. The van der Waals surface area contributed by atoms with Gasteiger partial charge in [0.05, 0.1) is 0 Å². The van der Waals surface area contributed by atoms with Crippen molar-refractivity contribution in [3.63, 3.8) is 0 Å². The van der Waals surface area contributed by atoms with Crippen LogP contribution in [0.3, 0.4) is 0 Å². The molecule has 2 amide bonds. The Labute approximate surface area is 125 Å². The molecule has 0 aromatic heterocycles. The van der Waals surface area contributed by atoms with Crippen LogP contribution in [0.15, 0.2) is 30.3 Å². The molecule has 0 aliphatic carbocycles. The highest BCUT2D eigenvalue weighted by Gasteiger charge is 2.38. The Hall–Kier alpha value is -1.88. The van der Waals surface area contributed by atoms with E-state index in [4.69, 9.17) is 0 Å². The third-order valence-corrected chi connectivity index (χ3v) is 3.80. The summed E-state index contributed by atoms with van der Waals surface area (Å²) in [5, 5.41) is 2.82. The standard InChI is InChI=1S/C16H23N3O2/c1-12-15(20)17-14(13-8-5-4-6-9-13)16(21)19(12)11-7-10-18(2)3/h4-6,8-9,12,14H,7,10-11H2,1-3H3,(H,17,20). The van der Waals surface area contributed by atoms with E-state index in [1.807, 2.05) is 44.4 Å². The number of rotatable bonds is 5. The molecule has 1 aliphatic heterocycles. The van der Waals surface area contributed by atoms with Crippen LogP contribution in [0.4, 0.5) is 0 Å². The number of hydrogen-bond donors (Lipinski definition) is 1. The van der Waals surface area contributed by atoms with Crippen molar-refractivity contribution in [2.75, 3.05) is 27.2 Å². The van der Waals surface area contributed by atoms with Crippen molar-refractivity contribution in [2.24, 2.45) is 0 Å². The first-order valence-corrected chi connectivity index (χ1v) is 7.31. The molecule has 0 bridgehead atoms. The van der Waals surface area contributed by atoms with E-state index < -0.39 is 12.1 Å². The van der Waals surface area contributed by atoms with Gasteiger partial charge in [0, 0.05) is 6.54 Å². The average Bonchev–Trinajstić information content (AvgIpc) is 2.47. The Morgan fingerprint density at radius 3 is 2.48 bits per heavy atom. The van der Waals surface area contributed by atoms with E-state index in [9.17, 15) is 9.59 Å². The quantitative estimate of drug-likeness (QED) is 0.881. The number of nitrogens with zero attached hydrogens (tertiary/aromatic N) is 2. The molecule has 1 saturated heterocycles. The minimum atomic E-state index is -0.561. The molecule has 1 fully saturated rings. The van der Waals surface area contributed by atoms with E-state index >= 15 is 0 Å². The number of nitrogens with one attached hydrogen (secondary N) is 1. The van der Waals surface area contributed by atoms with Crippen molar-refractivity contribution >= 4 is 11.8 Å². The maximum absolute atomic E-state index is 12.7. The lowest BCUT2D eigenvalue weighted by Crippen LogP contribution is -2.58. The van der Waals surface area contributed by atoms with Crippen LogP contribution in [0.2, 0.25) is 0 Å². The van der Waals surface area contributed by atoms with Gasteiger partial charge in [-0.25, -0.2) is 0 Å². The van der Waals surface area contributed by atoms with Crippen molar-refractivity contribution in [2.45, 2.75) is 25.4 Å². The fraction of sp³-hybridized carbons (Fsp3) is 0.500. The molecule has 21 heavy (non-hydrogen) atoms. The molecule has 1 aromatic rings. The monoisotopic (exact) mass is 289 g/mol. The third-order valence-electron chi connectivity index (χ3n) is 3.80. The van der Waals surface area contributed by atoms with Crippen molar-refractivity contribution < 1.29 is 9.59 Å². The summed E-state index contributed by atoms with van der Waals surface area (Å²) in [7, 11) is 4.00. The lowest BCUT2D eigenvalue weighted by molar-refractivity contribution is -0.148. The fourth-order valence-corrected chi connectivity index (χ4v) is 2.56. The van der Waals surface area contributed by atoms with Gasteiger partial charge in [0.25, 0.3) is 0 Å². The number of piperazine rings is 1. The lowest BCUT2D eigenvalue weighted by atomic mass is 10.0. The Morgan fingerprint density at radius 2 is 1.86 bits per heavy atom. The van der Waals surface area contributed by atoms with Gasteiger partial charge < -0.3 is 15.1 Å². The number of amides is 2. The first-order chi connectivity index (χ1) is 10.0. The van der Waals surface area contributed by atoms with E-state index in [0.29, 0.717) is 6.54 Å². The maximum Gasteiger partial charge on any atom is 0.250 e. The van der Waals surface area contributed by atoms with Gasteiger partial charge in [-0.05, 0) is 39.5 Å². The van der Waals surface area contributed by atoms with Crippen molar-refractivity contribution in [1.82, 2.24) is 15.1 Å². The Bertz CT molecular complexity index is 502. The van der Waals surface area contributed by atoms with E-state index in [1.54, 1.807) is 11.8 Å². The number of carbonyl (C=O) groups excluding carboxylic acids is 2. The second-order valence-corrected chi connectivity index (χ2v) is 5.72. The summed E-state index contributed by atoms with van der Waals surface area (Å²) < 4.78 is 0. The summed E-state index contributed by atoms with van der Waals surface area (Å²) in [6, 6.07) is 8.43. The molecule has 0 spiro atoms. The molecular formula is C16H23N3O2. The van der Waals surface area contributed by atoms with E-state index in [1.165, 1.54) is 0 Å². The van der Waals surface area contributed by atoms with Gasteiger partial charge in [-0.1, -0.05) is 30.3 Å². The van der Waals surface area contributed by atoms with E-state index in [0.717, 1.165) is 18.5 Å². The van der Waals surface area contributed by atoms with Crippen molar-refractivity contribution in [3.8, 4) is 0 Å². The van der Waals surface area contributed by atoms with E-state index in [-0.39, 0.29) is 11.8 Å². The highest BCUT2D eigenvalue weighted by molar-refractivity contribution is 5.97. The molecule has 0 saturated carbocycles. The Balaban J connectivity index is 2.12. The molecule has 5 nitrogen and oxygen atoms in total. The van der Waals surface area contributed by atoms with E-state index in [2.05, 4.69) is 10.2 Å². The van der Waals surface area contributed by atoms with Gasteiger partial charge in [-0.15, -0.1) is 0 Å². The van der Waals surface area contributed by atoms with Crippen LogP contribution in [0.25, 0.3) is 0 Å². The highest BCUT2D eigenvalue weighted by Crippen LogP contribution is 2.22. The van der Waals surface area contributed by atoms with Crippen LogP contribution in [0.5, 0.6) is 0 Å². The fourth-order valence-electron chi connectivity index (χ4n) is 2.56. The number of carbonyl (C=O) groups is 2. The summed E-state index contributed by atoms with van der Waals surface area (Å²) in [4.78, 5) is 28.5. The Kier molecular flexibility index (Phi) is 4.96. The minimum absolute atomic E-state index is 0.0212. The zero-order valence-electron chi connectivity index (χ0n) is 12.9. The summed E-state index contributed by atoms with van der Waals surface area (Å²) >= 11 is 0. The lowest BCUT2D eigenvalue weighted by Gasteiger charge is -2.37. The van der Waals surface area contributed by atoms with Gasteiger partial charge >= 0.3 is 0 Å². The second kappa shape index (κ2) is 6.72. The molecule has 2 unspecified atom stereocenters. The molecule has 2 atom stereocenters. The summed E-state index contributed by atoms with van der Waals surface area (Å²) in [5.41, 5.74) is 0.834. The van der Waals surface area contributed by atoms with Gasteiger partial charge in [0.15, 0.2) is 0 Å². The molecule has 114 valence electrons. The summed E-state index contributed by atoms with van der Waals surface area (Å²) in [6.45, 7) is 3.28. The van der Waals surface area contributed by atoms with Gasteiger partial charge in [-0.3, -0.25) is 9.59 Å². The molecule has 1 heterocycles. The second-order valence-electron chi connectivity index (χ2n) is 5.72. The van der Waals surface area contributed by atoms with Crippen LogP contribution < -0.4 is 5.32 Å². The van der Waals surface area contributed by atoms with Gasteiger partial charge in [0.2, 0.25) is 11.8 Å². The molecule has 1 aliphatic rings. The van der Waals surface area contributed by atoms with Crippen LogP contribution in [0, 0.1) is 0 Å². The smallest absolute Gasteiger partial charge is 0.250 e. The average molecular weight is 289 g/mol. The molecule has 1 aromatic carbocycles. The summed E-state index contributed by atoms with van der Waals surface area (Å²) in [6.07, 6.45) is 0.859. The van der Waals surface area contributed by atoms with Crippen LogP contribution in [-0.2, 0) is 9.59 Å². The van der Waals surface area contributed by atoms with Gasteiger partial charge in [0.1, 0.15) is 12.1 Å². The van der Waals surface area contributed by atoms with Crippen molar-refractivity contribution in [3.05, 3.63) is 35.9 Å². The number of benzene rings is 1. The Morgan fingerprint density at radius 1 is 1.19 bits per heavy atom.